The summed E-state index contributed by atoms with van der Waals surface area (Å²) in [6.07, 6.45) is 4.05. The lowest BCUT2D eigenvalue weighted by Crippen LogP contribution is -2.44. The molecule has 0 saturated carbocycles. The van der Waals surface area contributed by atoms with Crippen LogP contribution in [0.15, 0.2) is 65.8 Å². The first-order chi connectivity index (χ1) is 15.8. The monoisotopic (exact) mass is 490 g/mol. The molecule has 1 aromatic heterocycles. The third-order valence-corrected chi connectivity index (χ3v) is 8.06. The van der Waals surface area contributed by atoms with E-state index in [1.54, 1.807) is 42.2 Å². The molecule has 1 aliphatic heterocycles. The zero-order valence-corrected chi connectivity index (χ0v) is 19.6. The first kappa shape index (κ1) is 23.4. The standard InChI is InChI=1S/C23H24ClFN4O3S/c1-28-15-12-26-22(28)21(19-4-2-3-5-20(19)25)27-23(30)16-10-13-29(14-11-16)33(31,32)18-8-6-17(24)7-9-18/h2-9,12,15-16,21H,10-11,13-14H2,1H3,(H,27,30)/t21-/m1/s1. The van der Waals surface area contributed by atoms with Gasteiger partial charge in [-0.3, -0.25) is 4.79 Å². The number of amides is 1. The summed E-state index contributed by atoms with van der Waals surface area (Å²) in [4.78, 5) is 17.6. The number of imidazole rings is 1. The van der Waals surface area contributed by atoms with Crippen LogP contribution in [0.2, 0.25) is 5.02 Å². The Kier molecular flexibility index (Phi) is 6.83. The molecule has 10 heteroatoms. The number of nitrogens with one attached hydrogen (secondary N) is 1. The van der Waals surface area contributed by atoms with Crippen LogP contribution in [0.4, 0.5) is 4.39 Å². The number of piperidine rings is 1. The fourth-order valence-electron chi connectivity index (χ4n) is 4.02. The van der Waals surface area contributed by atoms with Gasteiger partial charge in [-0.05, 0) is 43.2 Å². The Morgan fingerprint density at radius 1 is 1.15 bits per heavy atom. The highest BCUT2D eigenvalue weighted by Crippen LogP contribution is 2.27. The van der Waals surface area contributed by atoms with Crippen LogP contribution in [0, 0.1) is 11.7 Å². The smallest absolute Gasteiger partial charge is 0.243 e. The maximum absolute atomic E-state index is 14.6. The number of carbonyl (C=O) groups is 1. The molecule has 1 saturated heterocycles. The molecule has 4 rings (SSSR count). The van der Waals surface area contributed by atoms with Crippen LogP contribution in [0.25, 0.3) is 0 Å². The van der Waals surface area contributed by atoms with Crippen molar-refractivity contribution >= 4 is 27.5 Å². The van der Waals surface area contributed by atoms with Crippen molar-refractivity contribution in [2.24, 2.45) is 13.0 Å². The van der Waals surface area contributed by atoms with Crippen molar-refractivity contribution in [2.45, 2.75) is 23.8 Å². The lowest BCUT2D eigenvalue weighted by molar-refractivity contribution is -0.126. The normalized spacial score (nSPS) is 16.5. The minimum absolute atomic E-state index is 0.171. The Labute approximate surface area is 197 Å². The van der Waals surface area contributed by atoms with Crippen LogP contribution in [0.1, 0.15) is 30.3 Å². The number of rotatable bonds is 6. The van der Waals surface area contributed by atoms with Crippen LogP contribution in [-0.2, 0) is 21.9 Å². The van der Waals surface area contributed by atoms with Gasteiger partial charge in [-0.1, -0.05) is 29.8 Å². The van der Waals surface area contributed by atoms with Gasteiger partial charge >= 0.3 is 0 Å². The second kappa shape index (κ2) is 9.62. The van der Waals surface area contributed by atoms with Crippen molar-refractivity contribution in [1.29, 1.82) is 0 Å². The molecule has 1 aliphatic rings. The van der Waals surface area contributed by atoms with Gasteiger partial charge < -0.3 is 9.88 Å². The summed E-state index contributed by atoms with van der Waals surface area (Å²) >= 11 is 5.86. The molecule has 0 aliphatic carbocycles. The average molecular weight is 491 g/mol. The number of hydrogen-bond acceptors (Lipinski definition) is 4. The topological polar surface area (TPSA) is 84.3 Å². The number of nitrogens with zero attached hydrogens (tertiary/aromatic N) is 3. The Hall–Kier alpha value is -2.75. The van der Waals surface area contributed by atoms with E-state index >= 15 is 0 Å². The first-order valence-corrected chi connectivity index (χ1v) is 12.4. The highest BCUT2D eigenvalue weighted by atomic mass is 35.5. The molecule has 33 heavy (non-hydrogen) atoms. The molecule has 1 fully saturated rings. The van der Waals surface area contributed by atoms with Gasteiger partial charge in [0.15, 0.2) is 0 Å². The Morgan fingerprint density at radius 3 is 2.42 bits per heavy atom. The second-order valence-corrected chi connectivity index (χ2v) is 10.4. The van der Waals surface area contributed by atoms with E-state index in [1.807, 2.05) is 0 Å². The molecule has 0 spiro atoms. The van der Waals surface area contributed by atoms with Crippen molar-refractivity contribution in [2.75, 3.05) is 13.1 Å². The molecule has 0 unspecified atom stereocenters. The lowest BCUT2D eigenvalue weighted by atomic mass is 9.96. The van der Waals surface area contributed by atoms with E-state index in [-0.39, 0.29) is 23.9 Å². The highest BCUT2D eigenvalue weighted by molar-refractivity contribution is 7.89. The molecule has 0 radical (unpaired) electrons. The predicted octanol–water partition coefficient (Wildman–Crippen LogP) is 3.52. The minimum atomic E-state index is -3.66. The van der Waals surface area contributed by atoms with Crippen molar-refractivity contribution in [3.05, 3.63) is 83.2 Å². The van der Waals surface area contributed by atoms with Gasteiger partial charge in [0.2, 0.25) is 15.9 Å². The summed E-state index contributed by atoms with van der Waals surface area (Å²) in [5, 5.41) is 3.39. The van der Waals surface area contributed by atoms with Crippen molar-refractivity contribution in [1.82, 2.24) is 19.2 Å². The van der Waals surface area contributed by atoms with Gasteiger partial charge in [0.25, 0.3) is 0 Å². The molecule has 2 heterocycles. The highest BCUT2D eigenvalue weighted by Gasteiger charge is 2.34. The van der Waals surface area contributed by atoms with Gasteiger partial charge in [0.1, 0.15) is 17.7 Å². The Morgan fingerprint density at radius 2 is 1.82 bits per heavy atom. The predicted molar refractivity (Wildman–Crippen MR) is 123 cm³/mol. The van der Waals surface area contributed by atoms with Crippen molar-refractivity contribution in [3.63, 3.8) is 0 Å². The molecule has 3 aromatic rings. The summed E-state index contributed by atoms with van der Waals surface area (Å²) in [5.74, 6) is -0.572. The van der Waals surface area contributed by atoms with Crippen LogP contribution < -0.4 is 5.32 Å². The summed E-state index contributed by atoms with van der Waals surface area (Å²) in [6.45, 7) is 0.436. The molecule has 1 amide bonds. The molecule has 1 N–H and O–H groups in total. The number of hydrogen-bond donors (Lipinski definition) is 1. The van der Waals surface area contributed by atoms with E-state index < -0.39 is 27.8 Å². The number of halogens is 2. The van der Waals surface area contributed by atoms with Gasteiger partial charge in [-0.2, -0.15) is 4.31 Å². The number of sulfonamides is 1. The maximum atomic E-state index is 14.6. The lowest BCUT2D eigenvalue weighted by Gasteiger charge is -2.31. The zero-order valence-electron chi connectivity index (χ0n) is 18.0. The molecular formula is C23H24ClFN4O3S. The van der Waals surface area contributed by atoms with E-state index in [1.165, 1.54) is 34.6 Å². The van der Waals surface area contributed by atoms with Crippen LogP contribution in [-0.4, -0.2) is 41.3 Å². The van der Waals surface area contributed by atoms with E-state index in [2.05, 4.69) is 10.3 Å². The Balaban J connectivity index is 1.47. The van der Waals surface area contributed by atoms with Crippen LogP contribution in [0.5, 0.6) is 0 Å². The van der Waals surface area contributed by atoms with E-state index in [0.29, 0.717) is 29.3 Å². The summed E-state index contributed by atoms with van der Waals surface area (Å²) in [7, 11) is -1.88. The number of carbonyl (C=O) groups excluding carboxylic acids is 1. The molecule has 7 nitrogen and oxygen atoms in total. The van der Waals surface area contributed by atoms with E-state index in [9.17, 15) is 17.6 Å². The quantitative estimate of drug-likeness (QED) is 0.573. The molecule has 0 bridgehead atoms. The van der Waals surface area contributed by atoms with Gasteiger partial charge in [0, 0.05) is 49.0 Å². The maximum Gasteiger partial charge on any atom is 0.243 e. The number of aromatic nitrogens is 2. The number of benzene rings is 2. The molecule has 2 aromatic carbocycles. The zero-order chi connectivity index (χ0) is 23.6. The van der Waals surface area contributed by atoms with Gasteiger partial charge in [-0.25, -0.2) is 17.8 Å². The Bertz CT molecular complexity index is 1240. The van der Waals surface area contributed by atoms with Crippen LogP contribution in [0.3, 0.4) is 0 Å². The number of aryl methyl sites for hydroxylation is 1. The summed E-state index contributed by atoms with van der Waals surface area (Å²) in [6, 6.07) is 11.5. The summed E-state index contributed by atoms with van der Waals surface area (Å²) in [5.41, 5.74) is 0.322. The van der Waals surface area contributed by atoms with E-state index in [0.717, 1.165) is 0 Å². The van der Waals surface area contributed by atoms with Gasteiger partial charge in [0.05, 0.1) is 4.90 Å². The van der Waals surface area contributed by atoms with Crippen molar-refractivity contribution < 1.29 is 17.6 Å². The van der Waals surface area contributed by atoms with E-state index in [4.69, 9.17) is 11.6 Å². The SMILES string of the molecule is Cn1ccnc1[C@H](NC(=O)C1CCN(S(=O)(=O)c2ccc(Cl)cc2)CC1)c1ccccc1F. The van der Waals surface area contributed by atoms with Gasteiger partial charge in [-0.15, -0.1) is 0 Å². The minimum Gasteiger partial charge on any atom is -0.342 e. The molecular weight excluding hydrogens is 467 g/mol. The third kappa shape index (κ3) is 4.95. The first-order valence-electron chi connectivity index (χ1n) is 10.5. The van der Waals surface area contributed by atoms with Crippen molar-refractivity contribution in [3.8, 4) is 0 Å². The van der Waals surface area contributed by atoms with Crippen LogP contribution >= 0.6 is 11.6 Å². The molecule has 174 valence electrons. The second-order valence-electron chi connectivity index (χ2n) is 7.99. The molecule has 1 atom stereocenters. The fraction of sp³-hybridized carbons (Fsp3) is 0.304. The summed E-state index contributed by atoms with van der Waals surface area (Å²) < 4.78 is 43.5. The average Bonchev–Trinajstić information content (AvgIpc) is 3.24. The fourth-order valence-corrected chi connectivity index (χ4v) is 5.62. The largest absolute Gasteiger partial charge is 0.342 e. The third-order valence-electron chi connectivity index (χ3n) is 5.90.